The Bertz CT molecular complexity index is 1030. The molecule has 7 heteroatoms. The lowest BCUT2D eigenvalue weighted by molar-refractivity contribution is -0.120. The Morgan fingerprint density at radius 3 is 2.62 bits per heavy atom. The molecule has 0 aliphatic heterocycles. The monoisotopic (exact) mass is 484 g/mol. The van der Waals surface area contributed by atoms with Gasteiger partial charge in [-0.1, -0.05) is 53.1 Å². The van der Waals surface area contributed by atoms with Gasteiger partial charge in [0.2, 0.25) is 5.91 Å². The Labute approximate surface area is 206 Å². The lowest BCUT2D eigenvalue weighted by atomic mass is 9.93. The van der Waals surface area contributed by atoms with E-state index in [9.17, 15) is 20.1 Å². The predicted octanol–water partition coefficient (Wildman–Crippen LogP) is 4.55. The quantitative estimate of drug-likeness (QED) is 0.322. The van der Waals surface area contributed by atoms with Crippen molar-refractivity contribution in [3.63, 3.8) is 0 Å². The number of rotatable bonds is 11. The SMILES string of the molecule is C[C@H](CC1=CCCC(CC(=O)NCCc2ccccc2Cl)=C1)NC[C@H](O)c1cc(O)cc(O)c1. The molecule has 182 valence electrons. The van der Waals surface area contributed by atoms with Crippen molar-refractivity contribution in [2.24, 2.45) is 0 Å². The summed E-state index contributed by atoms with van der Waals surface area (Å²) in [6.45, 7) is 2.89. The fourth-order valence-electron chi connectivity index (χ4n) is 4.09. The molecule has 2 aromatic carbocycles. The molecular weight excluding hydrogens is 452 g/mol. The van der Waals surface area contributed by atoms with E-state index in [-0.39, 0.29) is 23.4 Å². The Kier molecular flexibility index (Phi) is 9.57. The van der Waals surface area contributed by atoms with E-state index in [2.05, 4.69) is 22.8 Å². The van der Waals surface area contributed by atoms with Crippen molar-refractivity contribution in [2.75, 3.05) is 13.1 Å². The van der Waals surface area contributed by atoms with Crippen LogP contribution >= 0.6 is 11.6 Å². The first kappa shape index (κ1) is 25.8. The number of aliphatic hydroxyl groups is 1. The van der Waals surface area contributed by atoms with E-state index in [1.807, 2.05) is 31.2 Å². The smallest absolute Gasteiger partial charge is 0.224 e. The number of phenols is 2. The van der Waals surface area contributed by atoms with Crippen LogP contribution in [0.15, 0.2) is 65.8 Å². The molecule has 0 aromatic heterocycles. The van der Waals surface area contributed by atoms with Gasteiger partial charge in [-0.15, -0.1) is 0 Å². The van der Waals surface area contributed by atoms with E-state index >= 15 is 0 Å². The number of halogens is 1. The van der Waals surface area contributed by atoms with Crippen LogP contribution in [0.4, 0.5) is 0 Å². The molecular formula is C27H33ClN2O4. The van der Waals surface area contributed by atoms with Gasteiger partial charge in [0.25, 0.3) is 0 Å². The van der Waals surface area contributed by atoms with E-state index in [0.717, 1.165) is 35.4 Å². The second kappa shape index (κ2) is 12.6. The van der Waals surface area contributed by atoms with Gasteiger partial charge in [-0.3, -0.25) is 4.79 Å². The third-order valence-electron chi connectivity index (χ3n) is 5.83. The molecule has 0 saturated carbocycles. The van der Waals surface area contributed by atoms with Gasteiger partial charge in [0.15, 0.2) is 0 Å². The molecule has 0 fully saturated rings. The molecule has 1 aliphatic carbocycles. The van der Waals surface area contributed by atoms with Gasteiger partial charge in [0.1, 0.15) is 11.5 Å². The van der Waals surface area contributed by atoms with Crippen molar-refractivity contribution in [3.8, 4) is 11.5 Å². The van der Waals surface area contributed by atoms with Crippen molar-refractivity contribution in [2.45, 2.75) is 51.2 Å². The number of hydrogen-bond donors (Lipinski definition) is 5. The maximum Gasteiger partial charge on any atom is 0.224 e. The molecule has 0 bridgehead atoms. The number of amides is 1. The maximum absolute atomic E-state index is 12.4. The van der Waals surface area contributed by atoms with Gasteiger partial charge in [-0.25, -0.2) is 0 Å². The zero-order chi connectivity index (χ0) is 24.5. The average Bonchev–Trinajstić information content (AvgIpc) is 2.78. The van der Waals surface area contributed by atoms with Crippen LogP contribution in [0.2, 0.25) is 5.02 Å². The highest BCUT2D eigenvalue weighted by Crippen LogP contribution is 2.26. The summed E-state index contributed by atoms with van der Waals surface area (Å²) in [5.74, 6) is -0.150. The van der Waals surface area contributed by atoms with Crippen molar-refractivity contribution < 1.29 is 20.1 Å². The van der Waals surface area contributed by atoms with E-state index in [1.165, 1.54) is 23.8 Å². The summed E-state index contributed by atoms with van der Waals surface area (Å²) in [7, 11) is 0. The van der Waals surface area contributed by atoms with Crippen LogP contribution in [-0.4, -0.2) is 40.4 Å². The molecule has 0 radical (unpaired) electrons. The van der Waals surface area contributed by atoms with E-state index in [1.54, 1.807) is 0 Å². The number of aromatic hydroxyl groups is 2. The van der Waals surface area contributed by atoms with Crippen molar-refractivity contribution in [1.82, 2.24) is 10.6 Å². The van der Waals surface area contributed by atoms with Gasteiger partial charge >= 0.3 is 0 Å². The number of aliphatic hydroxyl groups excluding tert-OH is 1. The lowest BCUT2D eigenvalue weighted by Crippen LogP contribution is -2.31. The first-order chi connectivity index (χ1) is 16.3. The predicted molar refractivity (Wildman–Crippen MR) is 135 cm³/mol. The molecule has 1 aliphatic rings. The van der Waals surface area contributed by atoms with Crippen LogP contribution < -0.4 is 10.6 Å². The summed E-state index contributed by atoms with van der Waals surface area (Å²) >= 11 is 6.17. The molecule has 5 N–H and O–H groups in total. The summed E-state index contributed by atoms with van der Waals surface area (Å²) in [4.78, 5) is 12.4. The van der Waals surface area contributed by atoms with Gasteiger partial charge < -0.3 is 26.0 Å². The highest BCUT2D eigenvalue weighted by atomic mass is 35.5. The zero-order valence-corrected chi connectivity index (χ0v) is 20.2. The molecule has 0 unspecified atom stereocenters. The number of nitrogens with one attached hydrogen (secondary N) is 2. The van der Waals surface area contributed by atoms with Crippen LogP contribution in [0.3, 0.4) is 0 Å². The largest absolute Gasteiger partial charge is 0.508 e. The number of phenolic OH excluding ortho intramolecular Hbond substituents is 2. The van der Waals surface area contributed by atoms with Crippen LogP contribution in [0, 0.1) is 0 Å². The molecule has 0 saturated heterocycles. The summed E-state index contributed by atoms with van der Waals surface area (Å²) in [5.41, 5.74) is 3.78. The van der Waals surface area contributed by atoms with Gasteiger partial charge in [0.05, 0.1) is 6.10 Å². The Morgan fingerprint density at radius 1 is 1.15 bits per heavy atom. The van der Waals surface area contributed by atoms with Gasteiger partial charge in [-0.05, 0) is 61.9 Å². The van der Waals surface area contributed by atoms with E-state index in [0.29, 0.717) is 31.5 Å². The topological polar surface area (TPSA) is 102 Å². The molecule has 0 spiro atoms. The average molecular weight is 485 g/mol. The second-order valence-electron chi connectivity index (χ2n) is 8.80. The maximum atomic E-state index is 12.4. The standard InChI is InChI=1S/C27H33ClN2O4/c1-18(30-17-26(33)22-14-23(31)16-24(32)15-22)11-19-5-4-6-20(12-19)13-27(34)29-10-9-21-7-2-3-8-25(21)28/h2-3,5,7-8,12,14-16,18,26,30-33H,4,6,9-11,13,17H2,1H3,(H,29,34)/t18-,26+/m1/s1. The lowest BCUT2D eigenvalue weighted by Gasteiger charge is -2.20. The zero-order valence-electron chi connectivity index (χ0n) is 19.4. The van der Waals surface area contributed by atoms with Crippen molar-refractivity contribution in [1.29, 1.82) is 0 Å². The Balaban J connectivity index is 1.42. The minimum atomic E-state index is -0.846. The minimum Gasteiger partial charge on any atom is -0.508 e. The number of hydrogen-bond acceptors (Lipinski definition) is 5. The molecule has 1 amide bonds. The van der Waals surface area contributed by atoms with Crippen LogP contribution in [0.5, 0.6) is 11.5 Å². The molecule has 2 aromatic rings. The number of carbonyl (C=O) groups excluding carboxylic acids is 1. The normalized spacial score (nSPS) is 15.3. The number of benzene rings is 2. The number of allylic oxidation sites excluding steroid dienone is 2. The van der Waals surface area contributed by atoms with Crippen molar-refractivity contribution >= 4 is 17.5 Å². The highest BCUT2D eigenvalue weighted by Gasteiger charge is 2.15. The summed E-state index contributed by atoms with van der Waals surface area (Å²) < 4.78 is 0. The van der Waals surface area contributed by atoms with E-state index < -0.39 is 6.10 Å². The summed E-state index contributed by atoms with van der Waals surface area (Å²) in [5, 5.41) is 36.6. The highest BCUT2D eigenvalue weighted by molar-refractivity contribution is 6.31. The molecule has 0 heterocycles. The summed E-state index contributed by atoms with van der Waals surface area (Å²) in [6.07, 6.45) is 7.11. The van der Waals surface area contributed by atoms with E-state index in [4.69, 9.17) is 11.6 Å². The van der Waals surface area contributed by atoms with Gasteiger partial charge in [-0.2, -0.15) is 0 Å². The van der Waals surface area contributed by atoms with Crippen LogP contribution in [-0.2, 0) is 11.2 Å². The van der Waals surface area contributed by atoms with Crippen molar-refractivity contribution in [3.05, 3.63) is 81.9 Å². The first-order valence-electron chi connectivity index (χ1n) is 11.6. The minimum absolute atomic E-state index is 0.0169. The first-order valence-corrected chi connectivity index (χ1v) is 12.0. The summed E-state index contributed by atoms with van der Waals surface area (Å²) in [6, 6.07) is 11.9. The fourth-order valence-corrected chi connectivity index (χ4v) is 4.32. The third-order valence-corrected chi connectivity index (χ3v) is 6.20. The fraction of sp³-hybridized carbons (Fsp3) is 0.370. The van der Waals surface area contributed by atoms with Crippen LogP contribution in [0.1, 0.15) is 49.8 Å². The molecule has 2 atom stereocenters. The van der Waals surface area contributed by atoms with Crippen LogP contribution in [0.25, 0.3) is 0 Å². The Hall–Kier alpha value is -2.80. The molecule has 6 nitrogen and oxygen atoms in total. The van der Waals surface area contributed by atoms with Gasteiger partial charge in [0, 0.05) is 36.6 Å². The second-order valence-corrected chi connectivity index (χ2v) is 9.21. The molecule has 34 heavy (non-hydrogen) atoms. The Morgan fingerprint density at radius 2 is 1.88 bits per heavy atom. The number of carbonyl (C=O) groups is 1. The third kappa shape index (κ3) is 8.20. The molecule has 3 rings (SSSR count).